The minimum atomic E-state index is -4.29. The molecule has 1 N–H and O–H groups in total. The highest BCUT2D eigenvalue weighted by molar-refractivity contribution is 8.00. The Labute approximate surface area is 204 Å². The van der Waals surface area contributed by atoms with Crippen molar-refractivity contribution in [3.05, 3.63) is 88.7 Å². The summed E-state index contributed by atoms with van der Waals surface area (Å²) in [5, 5.41) is 3.51. The van der Waals surface area contributed by atoms with Crippen LogP contribution in [-0.4, -0.2) is 41.1 Å². The molecule has 4 rings (SSSR count). The standard InChI is InChI=1S/C24H22ClF3N4OS/c25-19-3-1-17(2-4-19)14-30-23(33)22-13-18(9-10-29-22)15-31-11-12-32(16-31)20-5-7-21(8-6-20)34-24(26,27)28/h1-10,13H,11-12,14-16H2,(H,30,33). The maximum absolute atomic E-state index is 12.5. The zero-order chi connectivity index (χ0) is 24.1. The Balaban J connectivity index is 1.31. The first kappa shape index (κ1) is 24.4. The van der Waals surface area contributed by atoms with Gasteiger partial charge in [0, 0.05) is 48.0 Å². The number of halogens is 4. The first-order chi connectivity index (χ1) is 16.2. The Hall–Kier alpha value is -2.75. The van der Waals surface area contributed by atoms with Crippen molar-refractivity contribution >= 4 is 35.0 Å². The van der Waals surface area contributed by atoms with Gasteiger partial charge in [0.2, 0.25) is 0 Å². The van der Waals surface area contributed by atoms with Crippen molar-refractivity contribution in [3.63, 3.8) is 0 Å². The average molecular weight is 507 g/mol. The number of carbonyl (C=O) groups excluding carboxylic acids is 1. The number of thioether (sulfide) groups is 1. The summed E-state index contributed by atoms with van der Waals surface area (Å²) in [4.78, 5) is 21.2. The molecule has 34 heavy (non-hydrogen) atoms. The Kier molecular flexibility index (Phi) is 7.65. The number of nitrogens with one attached hydrogen (secondary N) is 1. The van der Waals surface area contributed by atoms with E-state index < -0.39 is 5.51 Å². The first-order valence-electron chi connectivity index (χ1n) is 10.6. The summed E-state index contributed by atoms with van der Waals surface area (Å²) in [5.41, 5.74) is -1.16. The first-order valence-corrected chi connectivity index (χ1v) is 11.8. The lowest BCUT2D eigenvalue weighted by Gasteiger charge is -2.20. The van der Waals surface area contributed by atoms with Crippen LogP contribution in [-0.2, 0) is 13.1 Å². The molecule has 0 radical (unpaired) electrons. The van der Waals surface area contributed by atoms with Gasteiger partial charge in [0.15, 0.2) is 0 Å². The van der Waals surface area contributed by atoms with E-state index in [1.54, 1.807) is 36.5 Å². The molecule has 2 heterocycles. The van der Waals surface area contributed by atoms with Crippen molar-refractivity contribution in [2.45, 2.75) is 23.5 Å². The third kappa shape index (κ3) is 6.88. The van der Waals surface area contributed by atoms with Crippen molar-refractivity contribution in [2.75, 3.05) is 24.7 Å². The summed E-state index contributed by atoms with van der Waals surface area (Å²) in [6, 6.07) is 17.3. The van der Waals surface area contributed by atoms with Gasteiger partial charge < -0.3 is 10.2 Å². The Bertz CT molecular complexity index is 1130. The Morgan fingerprint density at radius 2 is 1.76 bits per heavy atom. The fraction of sp³-hybridized carbons (Fsp3) is 0.250. The molecule has 0 unspecified atom stereocenters. The monoisotopic (exact) mass is 506 g/mol. The van der Waals surface area contributed by atoms with E-state index in [1.807, 2.05) is 18.2 Å². The number of hydrogen-bond donors (Lipinski definition) is 1. The lowest BCUT2D eigenvalue weighted by Crippen LogP contribution is -2.26. The third-order valence-electron chi connectivity index (χ3n) is 5.32. The molecule has 0 atom stereocenters. The number of alkyl halides is 3. The van der Waals surface area contributed by atoms with Crippen LogP contribution in [0.5, 0.6) is 0 Å². The average Bonchev–Trinajstić information content (AvgIpc) is 3.26. The molecule has 1 fully saturated rings. The molecule has 0 bridgehead atoms. The van der Waals surface area contributed by atoms with Crippen molar-refractivity contribution in [3.8, 4) is 0 Å². The summed E-state index contributed by atoms with van der Waals surface area (Å²) in [6.45, 7) is 3.23. The number of hydrogen-bond acceptors (Lipinski definition) is 5. The van der Waals surface area contributed by atoms with Gasteiger partial charge in [-0.25, -0.2) is 0 Å². The van der Waals surface area contributed by atoms with Crippen LogP contribution in [0.4, 0.5) is 18.9 Å². The number of benzene rings is 2. The van der Waals surface area contributed by atoms with E-state index in [1.165, 1.54) is 12.1 Å². The number of carbonyl (C=O) groups is 1. The van der Waals surface area contributed by atoms with Gasteiger partial charge in [-0.05, 0) is 71.4 Å². The molecule has 0 aliphatic carbocycles. The smallest absolute Gasteiger partial charge is 0.357 e. The van der Waals surface area contributed by atoms with Crippen LogP contribution in [0.25, 0.3) is 0 Å². The second kappa shape index (κ2) is 10.7. The lowest BCUT2D eigenvalue weighted by atomic mass is 10.2. The van der Waals surface area contributed by atoms with Gasteiger partial charge in [-0.3, -0.25) is 14.7 Å². The predicted octanol–water partition coefficient (Wildman–Crippen LogP) is 5.56. The number of pyridine rings is 1. The summed E-state index contributed by atoms with van der Waals surface area (Å²) < 4.78 is 37.6. The van der Waals surface area contributed by atoms with Gasteiger partial charge in [0.1, 0.15) is 5.69 Å². The van der Waals surface area contributed by atoms with Gasteiger partial charge in [-0.2, -0.15) is 13.2 Å². The van der Waals surface area contributed by atoms with Crippen molar-refractivity contribution < 1.29 is 18.0 Å². The van der Waals surface area contributed by atoms with Crippen LogP contribution in [0.3, 0.4) is 0 Å². The molecule has 2 aromatic carbocycles. The van der Waals surface area contributed by atoms with Crippen LogP contribution in [0.2, 0.25) is 5.02 Å². The van der Waals surface area contributed by atoms with E-state index in [0.29, 0.717) is 30.5 Å². The summed E-state index contributed by atoms with van der Waals surface area (Å²) >= 11 is 5.77. The van der Waals surface area contributed by atoms with Crippen molar-refractivity contribution in [2.24, 2.45) is 0 Å². The summed E-state index contributed by atoms with van der Waals surface area (Å²) in [5.74, 6) is -0.253. The van der Waals surface area contributed by atoms with E-state index in [0.717, 1.165) is 29.9 Å². The van der Waals surface area contributed by atoms with Gasteiger partial charge >= 0.3 is 5.51 Å². The zero-order valence-electron chi connectivity index (χ0n) is 18.1. The second-order valence-corrected chi connectivity index (χ2v) is 9.43. The maximum atomic E-state index is 12.5. The molecule has 1 aliphatic heterocycles. The van der Waals surface area contributed by atoms with E-state index in [4.69, 9.17) is 11.6 Å². The van der Waals surface area contributed by atoms with Crippen molar-refractivity contribution in [1.82, 2.24) is 15.2 Å². The second-order valence-electron chi connectivity index (χ2n) is 7.86. The predicted molar refractivity (Wildman–Crippen MR) is 128 cm³/mol. The largest absolute Gasteiger partial charge is 0.446 e. The van der Waals surface area contributed by atoms with Gasteiger partial charge in [0.25, 0.3) is 5.91 Å². The van der Waals surface area contributed by atoms with Crippen LogP contribution in [0.1, 0.15) is 21.6 Å². The molecular formula is C24H22ClF3N4OS. The maximum Gasteiger partial charge on any atom is 0.446 e. The molecule has 1 aromatic heterocycles. The normalized spacial score (nSPS) is 14.4. The minimum absolute atomic E-state index is 0.112. The van der Waals surface area contributed by atoms with Crippen molar-refractivity contribution in [1.29, 1.82) is 0 Å². The molecule has 1 saturated heterocycles. The fourth-order valence-corrected chi connectivity index (χ4v) is 4.34. The molecule has 0 saturated carbocycles. The molecule has 1 aliphatic rings. The van der Waals surface area contributed by atoms with E-state index in [9.17, 15) is 18.0 Å². The highest BCUT2D eigenvalue weighted by Crippen LogP contribution is 2.37. The van der Waals surface area contributed by atoms with E-state index >= 15 is 0 Å². The highest BCUT2D eigenvalue weighted by atomic mass is 35.5. The lowest BCUT2D eigenvalue weighted by molar-refractivity contribution is -0.0328. The van der Waals surface area contributed by atoms with E-state index in [2.05, 4.69) is 20.1 Å². The van der Waals surface area contributed by atoms with Crippen LogP contribution in [0, 0.1) is 0 Å². The minimum Gasteiger partial charge on any atom is -0.357 e. The Morgan fingerprint density at radius 3 is 2.47 bits per heavy atom. The third-order valence-corrected chi connectivity index (χ3v) is 6.31. The number of amides is 1. The molecule has 0 spiro atoms. The summed E-state index contributed by atoms with van der Waals surface area (Å²) in [7, 11) is 0. The molecule has 5 nitrogen and oxygen atoms in total. The number of aromatic nitrogens is 1. The quantitative estimate of drug-likeness (QED) is 0.425. The fourth-order valence-electron chi connectivity index (χ4n) is 3.67. The number of rotatable bonds is 7. The highest BCUT2D eigenvalue weighted by Gasteiger charge is 2.29. The van der Waals surface area contributed by atoms with Gasteiger partial charge in [-0.15, -0.1) is 0 Å². The van der Waals surface area contributed by atoms with Crippen LogP contribution < -0.4 is 10.2 Å². The summed E-state index contributed by atoms with van der Waals surface area (Å²) in [6.07, 6.45) is 1.62. The zero-order valence-corrected chi connectivity index (χ0v) is 19.6. The molecule has 10 heteroatoms. The Morgan fingerprint density at radius 1 is 1.03 bits per heavy atom. The van der Waals surface area contributed by atoms with Gasteiger partial charge in [-0.1, -0.05) is 23.7 Å². The topological polar surface area (TPSA) is 48.5 Å². The molecular weight excluding hydrogens is 485 g/mol. The number of nitrogens with zero attached hydrogens (tertiary/aromatic N) is 3. The molecule has 1 amide bonds. The van der Waals surface area contributed by atoms with Gasteiger partial charge in [0.05, 0.1) is 6.67 Å². The molecule has 3 aromatic rings. The number of anilines is 1. The SMILES string of the molecule is O=C(NCc1ccc(Cl)cc1)c1cc(CN2CCN(c3ccc(SC(F)(F)F)cc3)C2)ccn1. The molecule has 178 valence electrons. The van der Waals surface area contributed by atoms with Crippen LogP contribution >= 0.6 is 23.4 Å². The van der Waals surface area contributed by atoms with Crippen LogP contribution in [0.15, 0.2) is 71.8 Å². The van der Waals surface area contributed by atoms with E-state index in [-0.39, 0.29) is 22.6 Å².